The number of likely N-dealkylation sites (tertiary alicyclic amines) is 1. The Morgan fingerprint density at radius 1 is 1.47 bits per heavy atom. The Morgan fingerprint density at radius 2 is 2.21 bits per heavy atom. The lowest BCUT2D eigenvalue weighted by Crippen LogP contribution is -2.51. The number of rotatable bonds is 3. The third kappa shape index (κ3) is 3.67. The van der Waals surface area contributed by atoms with Gasteiger partial charge in [0.15, 0.2) is 0 Å². The summed E-state index contributed by atoms with van der Waals surface area (Å²) in [5.41, 5.74) is 0.928. The van der Waals surface area contributed by atoms with E-state index in [1.165, 1.54) is 4.90 Å². The third-order valence-corrected chi connectivity index (χ3v) is 3.38. The van der Waals surface area contributed by atoms with Crippen LogP contribution < -0.4 is 5.32 Å². The molecule has 0 spiro atoms. The molecule has 1 fully saturated rings. The molecule has 1 heterocycles. The summed E-state index contributed by atoms with van der Waals surface area (Å²) in [6, 6.07) is 9.29. The maximum atomic E-state index is 13.7. The number of ether oxygens (including phenoxy) is 1. The molecule has 1 aliphatic rings. The monoisotopic (exact) mass is 266 g/mol. The molecule has 1 N–H and O–H groups in total. The number of alkyl halides is 1. The smallest absolute Gasteiger partial charge is 0.410 e. The zero-order valence-corrected chi connectivity index (χ0v) is 11.0. The molecule has 1 aromatic carbocycles. The molecule has 2 rings (SSSR count). The van der Waals surface area contributed by atoms with Crippen molar-refractivity contribution in [1.82, 2.24) is 10.2 Å². The molecule has 0 unspecified atom stereocenters. The van der Waals surface area contributed by atoms with Crippen molar-refractivity contribution in [1.29, 1.82) is 0 Å². The van der Waals surface area contributed by atoms with Gasteiger partial charge in [-0.3, -0.25) is 0 Å². The number of hydrogen-bond acceptors (Lipinski definition) is 3. The predicted molar refractivity (Wildman–Crippen MR) is 70.6 cm³/mol. The summed E-state index contributed by atoms with van der Waals surface area (Å²) >= 11 is 0. The Labute approximate surface area is 112 Å². The summed E-state index contributed by atoms with van der Waals surface area (Å²) in [6.45, 7) is 0.848. The Morgan fingerprint density at radius 3 is 2.84 bits per heavy atom. The Kier molecular flexibility index (Phi) is 4.74. The van der Waals surface area contributed by atoms with Crippen LogP contribution in [0.2, 0.25) is 0 Å². The Bertz CT molecular complexity index is 413. The van der Waals surface area contributed by atoms with Crippen LogP contribution in [0.4, 0.5) is 9.18 Å². The first-order valence-corrected chi connectivity index (χ1v) is 6.47. The summed E-state index contributed by atoms with van der Waals surface area (Å²) in [4.78, 5) is 13.3. The first-order chi connectivity index (χ1) is 9.20. The normalized spacial score (nSPS) is 23.2. The topological polar surface area (TPSA) is 41.6 Å². The molecule has 104 valence electrons. The molecule has 0 saturated carbocycles. The molecule has 0 aliphatic carbocycles. The summed E-state index contributed by atoms with van der Waals surface area (Å²) in [7, 11) is 1.74. The Balaban J connectivity index is 1.81. The van der Waals surface area contributed by atoms with E-state index in [4.69, 9.17) is 4.74 Å². The van der Waals surface area contributed by atoms with Gasteiger partial charge in [0.1, 0.15) is 12.8 Å². The van der Waals surface area contributed by atoms with Crippen LogP contribution in [-0.4, -0.2) is 43.3 Å². The zero-order valence-electron chi connectivity index (χ0n) is 11.0. The van der Waals surface area contributed by atoms with Gasteiger partial charge >= 0.3 is 6.09 Å². The molecular formula is C14H19FN2O2. The second-order valence-electron chi connectivity index (χ2n) is 4.69. The van der Waals surface area contributed by atoms with Crippen molar-refractivity contribution in [3.8, 4) is 0 Å². The van der Waals surface area contributed by atoms with Crippen molar-refractivity contribution in [3.05, 3.63) is 35.9 Å². The van der Waals surface area contributed by atoms with Crippen LogP contribution in [0.25, 0.3) is 0 Å². The summed E-state index contributed by atoms with van der Waals surface area (Å²) in [6.07, 6.45) is -0.873. The molecule has 1 aromatic rings. The van der Waals surface area contributed by atoms with E-state index in [2.05, 4.69) is 5.32 Å². The molecule has 1 aliphatic heterocycles. The van der Waals surface area contributed by atoms with Crippen LogP contribution in [0, 0.1) is 0 Å². The summed E-state index contributed by atoms with van der Waals surface area (Å²) in [5.74, 6) is 0. The highest BCUT2D eigenvalue weighted by Gasteiger charge is 2.31. The molecule has 5 heteroatoms. The third-order valence-electron chi connectivity index (χ3n) is 3.38. The second kappa shape index (κ2) is 6.52. The van der Waals surface area contributed by atoms with Crippen LogP contribution in [0.5, 0.6) is 0 Å². The molecule has 4 nitrogen and oxygen atoms in total. The van der Waals surface area contributed by atoms with Crippen LogP contribution in [-0.2, 0) is 11.3 Å². The number of halogens is 1. The maximum absolute atomic E-state index is 13.7. The maximum Gasteiger partial charge on any atom is 0.410 e. The minimum Gasteiger partial charge on any atom is -0.445 e. The van der Waals surface area contributed by atoms with Crippen LogP contribution in [0.3, 0.4) is 0 Å². The molecule has 1 amide bonds. The van der Waals surface area contributed by atoms with Crippen molar-refractivity contribution in [2.45, 2.75) is 25.2 Å². The first kappa shape index (κ1) is 13.8. The highest BCUT2D eigenvalue weighted by molar-refractivity contribution is 5.67. The fraction of sp³-hybridized carbons (Fsp3) is 0.500. The SMILES string of the molecule is CN[C@H]1CCN(C(=O)OCc2ccccc2)C[C@@H]1F. The number of benzene rings is 1. The van der Waals surface area contributed by atoms with Crippen molar-refractivity contribution >= 4 is 6.09 Å². The van der Waals surface area contributed by atoms with Gasteiger partial charge in [0.05, 0.1) is 6.54 Å². The van der Waals surface area contributed by atoms with Gasteiger partial charge in [0, 0.05) is 12.6 Å². The van der Waals surface area contributed by atoms with E-state index < -0.39 is 12.3 Å². The van der Waals surface area contributed by atoms with Gasteiger partial charge in [0.2, 0.25) is 0 Å². The number of piperidine rings is 1. The minimum absolute atomic E-state index is 0.0964. The average molecular weight is 266 g/mol. The van der Waals surface area contributed by atoms with Gasteiger partial charge < -0.3 is 15.0 Å². The number of amides is 1. The summed E-state index contributed by atoms with van der Waals surface area (Å²) in [5, 5.41) is 2.92. The van der Waals surface area contributed by atoms with E-state index in [1.54, 1.807) is 7.05 Å². The van der Waals surface area contributed by atoms with E-state index in [-0.39, 0.29) is 19.2 Å². The lowest BCUT2D eigenvalue weighted by Gasteiger charge is -2.33. The number of nitrogens with zero attached hydrogens (tertiary/aromatic N) is 1. The molecule has 0 aromatic heterocycles. The van der Waals surface area contributed by atoms with Crippen LogP contribution in [0.1, 0.15) is 12.0 Å². The van der Waals surface area contributed by atoms with E-state index in [1.807, 2.05) is 30.3 Å². The van der Waals surface area contributed by atoms with Gasteiger partial charge in [-0.1, -0.05) is 30.3 Å². The molecule has 2 atom stereocenters. The average Bonchev–Trinajstić information content (AvgIpc) is 2.45. The van der Waals surface area contributed by atoms with E-state index >= 15 is 0 Å². The van der Waals surface area contributed by atoms with Gasteiger partial charge in [-0.25, -0.2) is 9.18 Å². The van der Waals surface area contributed by atoms with E-state index in [0.717, 1.165) is 5.56 Å². The lowest BCUT2D eigenvalue weighted by atomic mass is 10.0. The fourth-order valence-corrected chi connectivity index (χ4v) is 2.21. The van der Waals surface area contributed by atoms with Crippen molar-refractivity contribution < 1.29 is 13.9 Å². The van der Waals surface area contributed by atoms with Gasteiger partial charge in [-0.15, -0.1) is 0 Å². The van der Waals surface area contributed by atoms with Crippen molar-refractivity contribution in [2.75, 3.05) is 20.1 Å². The lowest BCUT2D eigenvalue weighted by molar-refractivity contribution is 0.0617. The zero-order chi connectivity index (χ0) is 13.7. The largest absolute Gasteiger partial charge is 0.445 e. The number of carbonyl (C=O) groups excluding carboxylic acids is 1. The molecular weight excluding hydrogens is 247 g/mol. The number of carbonyl (C=O) groups is 1. The molecule has 0 bridgehead atoms. The fourth-order valence-electron chi connectivity index (χ4n) is 2.21. The van der Waals surface area contributed by atoms with E-state index in [9.17, 15) is 9.18 Å². The quantitative estimate of drug-likeness (QED) is 0.909. The molecule has 19 heavy (non-hydrogen) atoms. The van der Waals surface area contributed by atoms with Crippen LogP contribution in [0.15, 0.2) is 30.3 Å². The Hall–Kier alpha value is -1.62. The van der Waals surface area contributed by atoms with Gasteiger partial charge in [-0.2, -0.15) is 0 Å². The number of hydrogen-bond donors (Lipinski definition) is 1. The van der Waals surface area contributed by atoms with Crippen molar-refractivity contribution in [2.24, 2.45) is 0 Å². The minimum atomic E-state index is -1.04. The predicted octanol–water partition coefficient (Wildman–Crippen LogP) is 1.95. The highest BCUT2D eigenvalue weighted by atomic mass is 19.1. The standard InChI is InChI=1S/C14H19FN2O2/c1-16-13-7-8-17(9-12(13)15)14(18)19-10-11-5-3-2-4-6-11/h2-6,12-13,16H,7-10H2,1H3/t12-,13-/m0/s1. The first-order valence-electron chi connectivity index (χ1n) is 6.47. The summed E-state index contributed by atoms with van der Waals surface area (Å²) < 4.78 is 18.9. The van der Waals surface area contributed by atoms with Crippen LogP contribution >= 0.6 is 0 Å². The van der Waals surface area contributed by atoms with E-state index in [0.29, 0.717) is 13.0 Å². The molecule has 0 radical (unpaired) electrons. The molecule has 1 saturated heterocycles. The van der Waals surface area contributed by atoms with Crippen molar-refractivity contribution in [3.63, 3.8) is 0 Å². The van der Waals surface area contributed by atoms with Gasteiger partial charge in [-0.05, 0) is 19.0 Å². The van der Waals surface area contributed by atoms with Gasteiger partial charge in [0.25, 0.3) is 0 Å². The number of nitrogens with one attached hydrogen (secondary N) is 1. The second-order valence-corrected chi connectivity index (χ2v) is 4.69. The highest BCUT2D eigenvalue weighted by Crippen LogP contribution is 2.15.